The third kappa shape index (κ3) is 4.29. The summed E-state index contributed by atoms with van der Waals surface area (Å²) in [5.41, 5.74) is 4.39. The molecule has 0 aliphatic heterocycles. The van der Waals surface area contributed by atoms with Crippen LogP contribution in [0.1, 0.15) is 30.1 Å². The van der Waals surface area contributed by atoms with Gasteiger partial charge in [-0.2, -0.15) is 0 Å². The molecule has 104 valence electrons. The van der Waals surface area contributed by atoms with Crippen molar-refractivity contribution in [2.24, 2.45) is 5.73 Å². The Kier molecular flexibility index (Phi) is 4.94. The first-order chi connectivity index (χ1) is 8.81. The molecule has 0 aliphatic carbocycles. The second kappa shape index (κ2) is 6.24. The molecule has 0 fully saturated rings. The maximum atomic E-state index is 13.4. The zero-order chi connectivity index (χ0) is 14.6. The van der Waals surface area contributed by atoms with Crippen LogP contribution in [0, 0.1) is 11.6 Å². The lowest BCUT2D eigenvalue weighted by Gasteiger charge is -2.09. The quantitative estimate of drug-likeness (QED) is 0.761. The smallest absolute Gasteiger partial charge is 0.338 e. The number of hydrogen-bond acceptors (Lipinski definition) is 3. The normalized spacial score (nSPS) is 12.0. The Labute approximate surface area is 108 Å². The second-order valence-electron chi connectivity index (χ2n) is 4.18. The first-order valence-corrected chi connectivity index (χ1v) is 5.59. The van der Waals surface area contributed by atoms with Crippen LogP contribution in [0.25, 0.3) is 0 Å². The number of nitrogens with one attached hydrogen (secondary N) is 1. The summed E-state index contributed by atoms with van der Waals surface area (Å²) in [5.74, 6) is -4.28. The predicted molar refractivity (Wildman–Crippen MR) is 64.8 cm³/mol. The fourth-order valence-electron chi connectivity index (χ4n) is 1.38. The van der Waals surface area contributed by atoms with E-state index in [0.29, 0.717) is 12.5 Å². The summed E-state index contributed by atoms with van der Waals surface area (Å²) in [6, 6.07) is 0.986. The molecule has 1 unspecified atom stereocenters. The summed E-state index contributed by atoms with van der Waals surface area (Å²) in [6.07, 6.45) is 0.470. The van der Waals surface area contributed by atoms with E-state index < -0.39 is 29.1 Å². The van der Waals surface area contributed by atoms with Crippen molar-refractivity contribution >= 4 is 17.6 Å². The standard InChI is InChI=1S/C12H14F2N2O3/c1-6(15)2-3-11(17)16-10-4-7(12(18)19)8(13)5-9(10)14/h4-6H,2-3,15H2,1H3,(H,16,17)(H,18,19). The minimum Gasteiger partial charge on any atom is -0.478 e. The van der Waals surface area contributed by atoms with Crippen molar-refractivity contribution < 1.29 is 23.5 Å². The van der Waals surface area contributed by atoms with Crippen molar-refractivity contribution in [2.45, 2.75) is 25.8 Å². The van der Waals surface area contributed by atoms with Gasteiger partial charge in [0.25, 0.3) is 0 Å². The molecule has 0 saturated carbocycles. The monoisotopic (exact) mass is 272 g/mol. The van der Waals surface area contributed by atoms with Gasteiger partial charge in [-0.25, -0.2) is 13.6 Å². The van der Waals surface area contributed by atoms with E-state index in [-0.39, 0.29) is 18.2 Å². The van der Waals surface area contributed by atoms with Crippen LogP contribution in [0.15, 0.2) is 12.1 Å². The van der Waals surface area contributed by atoms with Gasteiger partial charge in [-0.1, -0.05) is 0 Å². The van der Waals surface area contributed by atoms with Crippen LogP contribution in [-0.2, 0) is 4.79 Å². The number of amides is 1. The van der Waals surface area contributed by atoms with Gasteiger partial charge < -0.3 is 16.2 Å². The Morgan fingerprint density at radius 3 is 2.53 bits per heavy atom. The molecule has 19 heavy (non-hydrogen) atoms. The third-order valence-electron chi connectivity index (χ3n) is 2.39. The topological polar surface area (TPSA) is 92.4 Å². The van der Waals surface area contributed by atoms with Gasteiger partial charge in [-0.05, 0) is 19.4 Å². The lowest BCUT2D eigenvalue weighted by molar-refractivity contribution is -0.116. The Hall–Kier alpha value is -2.02. The van der Waals surface area contributed by atoms with Gasteiger partial charge in [0.05, 0.1) is 11.3 Å². The minimum atomic E-state index is -1.54. The average Bonchev–Trinajstić information content (AvgIpc) is 2.29. The molecular formula is C12H14F2N2O3. The molecular weight excluding hydrogens is 258 g/mol. The molecule has 1 aromatic rings. The molecule has 1 rings (SSSR count). The van der Waals surface area contributed by atoms with Crippen molar-refractivity contribution in [3.8, 4) is 0 Å². The highest BCUT2D eigenvalue weighted by Crippen LogP contribution is 2.20. The highest BCUT2D eigenvalue weighted by atomic mass is 19.1. The Morgan fingerprint density at radius 1 is 1.37 bits per heavy atom. The van der Waals surface area contributed by atoms with Gasteiger partial charge in [0.1, 0.15) is 11.6 Å². The van der Waals surface area contributed by atoms with E-state index in [4.69, 9.17) is 10.8 Å². The number of carbonyl (C=O) groups excluding carboxylic acids is 1. The van der Waals surface area contributed by atoms with E-state index in [9.17, 15) is 18.4 Å². The molecule has 7 heteroatoms. The number of benzene rings is 1. The van der Waals surface area contributed by atoms with Crippen LogP contribution in [0.5, 0.6) is 0 Å². The van der Waals surface area contributed by atoms with Crippen LogP contribution in [0.4, 0.5) is 14.5 Å². The number of carboxylic acid groups (broad SMARTS) is 1. The van der Waals surface area contributed by atoms with Gasteiger partial charge >= 0.3 is 5.97 Å². The molecule has 4 N–H and O–H groups in total. The maximum absolute atomic E-state index is 13.4. The summed E-state index contributed by atoms with van der Waals surface area (Å²) in [4.78, 5) is 22.2. The molecule has 5 nitrogen and oxygen atoms in total. The summed E-state index contributed by atoms with van der Waals surface area (Å²) in [5, 5.41) is 10.9. The Morgan fingerprint density at radius 2 is 2.00 bits per heavy atom. The molecule has 1 amide bonds. The number of nitrogens with two attached hydrogens (primary N) is 1. The van der Waals surface area contributed by atoms with Crippen LogP contribution >= 0.6 is 0 Å². The number of halogens is 2. The minimum absolute atomic E-state index is 0.0664. The first-order valence-electron chi connectivity index (χ1n) is 5.59. The van der Waals surface area contributed by atoms with E-state index in [0.717, 1.165) is 6.07 Å². The summed E-state index contributed by atoms with van der Waals surface area (Å²) >= 11 is 0. The predicted octanol–water partition coefficient (Wildman–Crippen LogP) is 1.73. The number of rotatable bonds is 5. The lowest BCUT2D eigenvalue weighted by Crippen LogP contribution is -2.20. The fraction of sp³-hybridized carbons (Fsp3) is 0.333. The van der Waals surface area contributed by atoms with Gasteiger partial charge in [0.2, 0.25) is 5.91 Å². The highest BCUT2D eigenvalue weighted by Gasteiger charge is 2.16. The third-order valence-corrected chi connectivity index (χ3v) is 2.39. The van der Waals surface area contributed by atoms with Crippen LogP contribution < -0.4 is 11.1 Å². The zero-order valence-corrected chi connectivity index (χ0v) is 10.2. The number of anilines is 1. The molecule has 1 atom stereocenters. The molecule has 0 spiro atoms. The molecule has 0 radical (unpaired) electrons. The van der Waals surface area contributed by atoms with E-state index in [1.807, 2.05) is 0 Å². The van der Waals surface area contributed by atoms with Gasteiger partial charge in [-0.15, -0.1) is 0 Å². The van der Waals surface area contributed by atoms with Crippen LogP contribution in [-0.4, -0.2) is 23.0 Å². The SMILES string of the molecule is CC(N)CCC(=O)Nc1cc(C(=O)O)c(F)cc1F. The molecule has 0 aromatic heterocycles. The largest absolute Gasteiger partial charge is 0.478 e. The number of hydrogen-bond donors (Lipinski definition) is 3. The van der Waals surface area contributed by atoms with Crippen molar-refractivity contribution in [2.75, 3.05) is 5.32 Å². The van der Waals surface area contributed by atoms with Crippen LogP contribution in [0.2, 0.25) is 0 Å². The maximum Gasteiger partial charge on any atom is 0.338 e. The molecule has 0 saturated heterocycles. The summed E-state index contributed by atoms with van der Waals surface area (Å²) < 4.78 is 26.5. The zero-order valence-electron chi connectivity index (χ0n) is 10.2. The molecule has 0 aliphatic rings. The highest BCUT2D eigenvalue weighted by molar-refractivity contribution is 5.94. The molecule has 0 heterocycles. The van der Waals surface area contributed by atoms with Crippen LogP contribution in [0.3, 0.4) is 0 Å². The molecule has 1 aromatic carbocycles. The van der Waals surface area contributed by atoms with Gasteiger partial charge in [-0.3, -0.25) is 4.79 Å². The first kappa shape index (κ1) is 15.0. The second-order valence-corrected chi connectivity index (χ2v) is 4.18. The fourth-order valence-corrected chi connectivity index (χ4v) is 1.38. The summed E-state index contributed by atoms with van der Waals surface area (Å²) in [6.45, 7) is 1.72. The lowest BCUT2D eigenvalue weighted by atomic mass is 10.1. The van der Waals surface area contributed by atoms with Crippen molar-refractivity contribution in [3.05, 3.63) is 29.3 Å². The Balaban J connectivity index is 2.86. The van der Waals surface area contributed by atoms with E-state index in [1.54, 1.807) is 6.92 Å². The van der Waals surface area contributed by atoms with E-state index >= 15 is 0 Å². The van der Waals surface area contributed by atoms with Gasteiger partial charge in [0, 0.05) is 18.5 Å². The Bertz CT molecular complexity index is 504. The van der Waals surface area contributed by atoms with Crippen molar-refractivity contribution in [1.82, 2.24) is 0 Å². The number of carbonyl (C=O) groups is 2. The van der Waals surface area contributed by atoms with Gasteiger partial charge in [0.15, 0.2) is 0 Å². The van der Waals surface area contributed by atoms with Crippen molar-refractivity contribution in [1.29, 1.82) is 0 Å². The number of aromatic carboxylic acids is 1. The summed E-state index contributed by atoms with van der Waals surface area (Å²) in [7, 11) is 0. The number of carboxylic acids is 1. The molecule has 0 bridgehead atoms. The van der Waals surface area contributed by atoms with E-state index in [2.05, 4.69) is 5.32 Å². The van der Waals surface area contributed by atoms with E-state index in [1.165, 1.54) is 0 Å². The van der Waals surface area contributed by atoms with Crippen molar-refractivity contribution in [3.63, 3.8) is 0 Å². The average molecular weight is 272 g/mol.